The van der Waals surface area contributed by atoms with Crippen molar-refractivity contribution in [2.24, 2.45) is 0 Å². The van der Waals surface area contributed by atoms with E-state index in [1.807, 2.05) is 0 Å². The van der Waals surface area contributed by atoms with Crippen LogP contribution in [0.15, 0.2) is 24.3 Å². The molecule has 1 N–H and O–H groups in total. The van der Waals surface area contributed by atoms with Gasteiger partial charge in [0.25, 0.3) is 0 Å². The predicted octanol–water partition coefficient (Wildman–Crippen LogP) is 4.02. The van der Waals surface area contributed by atoms with Gasteiger partial charge in [-0.2, -0.15) is 0 Å². The largest absolute Gasteiger partial charge is 0.314 e. The number of hydrogen-bond donors (Lipinski definition) is 1. The van der Waals surface area contributed by atoms with Crippen LogP contribution < -0.4 is 5.32 Å². The molecule has 0 radical (unpaired) electrons. The van der Waals surface area contributed by atoms with Gasteiger partial charge in [-0.1, -0.05) is 43.2 Å². The molecule has 1 aromatic carbocycles. The second kappa shape index (κ2) is 6.20. The molecule has 0 heterocycles. The summed E-state index contributed by atoms with van der Waals surface area (Å²) in [5.41, 5.74) is 2.94. The molecule has 1 aromatic rings. The Morgan fingerprint density at radius 2 is 2.18 bits per heavy atom. The molecule has 0 aliphatic heterocycles. The molecule has 0 spiro atoms. The fourth-order valence-corrected chi connectivity index (χ4v) is 2.95. The highest BCUT2D eigenvalue weighted by Crippen LogP contribution is 2.33. The third kappa shape index (κ3) is 3.57. The minimum atomic E-state index is 0.745. The van der Waals surface area contributed by atoms with Crippen molar-refractivity contribution in [1.82, 2.24) is 5.32 Å². The van der Waals surface area contributed by atoms with Crippen LogP contribution in [0, 0.1) is 6.92 Å². The van der Waals surface area contributed by atoms with Gasteiger partial charge in [0, 0.05) is 6.04 Å². The zero-order valence-corrected chi connectivity index (χ0v) is 11.2. The summed E-state index contributed by atoms with van der Waals surface area (Å²) in [7, 11) is 0. The van der Waals surface area contributed by atoms with E-state index in [9.17, 15) is 0 Å². The zero-order valence-electron chi connectivity index (χ0n) is 11.2. The van der Waals surface area contributed by atoms with Gasteiger partial charge in [0.2, 0.25) is 0 Å². The average Bonchev–Trinajstić information content (AvgIpc) is 2.37. The highest BCUT2D eigenvalue weighted by Gasteiger charge is 2.22. The van der Waals surface area contributed by atoms with Crippen molar-refractivity contribution in [3.05, 3.63) is 35.4 Å². The molecule has 1 aliphatic rings. The smallest absolute Gasteiger partial charge is 0.00728 e. The van der Waals surface area contributed by atoms with Gasteiger partial charge in [-0.15, -0.1) is 0 Å². The van der Waals surface area contributed by atoms with Crippen LogP contribution in [0.4, 0.5) is 0 Å². The van der Waals surface area contributed by atoms with Crippen LogP contribution in [0.5, 0.6) is 0 Å². The third-order valence-electron chi connectivity index (χ3n) is 3.87. The Hall–Kier alpha value is -0.820. The molecule has 1 heteroatoms. The quantitative estimate of drug-likeness (QED) is 0.825. The Balaban J connectivity index is 1.97. The maximum Gasteiger partial charge on any atom is 0.00728 e. The molecule has 2 atom stereocenters. The summed E-state index contributed by atoms with van der Waals surface area (Å²) >= 11 is 0. The second-order valence-electron chi connectivity index (χ2n) is 5.43. The Morgan fingerprint density at radius 3 is 2.94 bits per heavy atom. The molecule has 0 amide bonds. The Morgan fingerprint density at radius 1 is 1.29 bits per heavy atom. The SMILES string of the molecule is CCCNC1CCCC(c2cccc(C)c2)C1. The van der Waals surface area contributed by atoms with Crippen LogP contribution in [-0.2, 0) is 0 Å². The predicted molar refractivity (Wildman–Crippen MR) is 74.5 cm³/mol. The lowest BCUT2D eigenvalue weighted by Crippen LogP contribution is -2.34. The lowest BCUT2D eigenvalue weighted by atomic mass is 9.81. The molecule has 94 valence electrons. The Bertz CT molecular complexity index is 345. The number of hydrogen-bond acceptors (Lipinski definition) is 1. The van der Waals surface area contributed by atoms with E-state index in [2.05, 4.69) is 43.4 Å². The normalized spacial score (nSPS) is 24.8. The molecular formula is C16H25N. The molecular weight excluding hydrogens is 206 g/mol. The van der Waals surface area contributed by atoms with Gasteiger partial charge in [0.15, 0.2) is 0 Å². The highest BCUT2D eigenvalue weighted by atomic mass is 14.9. The standard InChI is InChI=1S/C16H25N/c1-3-10-17-16-9-5-8-15(12-16)14-7-4-6-13(2)11-14/h4,6-7,11,15-17H,3,5,8-10,12H2,1-2H3. The van der Waals surface area contributed by atoms with Gasteiger partial charge >= 0.3 is 0 Å². The van der Waals surface area contributed by atoms with Crippen molar-refractivity contribution in [1.29, 1.82) is 0 Å². The molecule has 17 heavy (non-hydrogen) atoms. The van der Waals surface area contributed by atoms with Crippen molar-refractivity contribution in [2.45, 2.75) is 57.9 Å². The molecule has 2 rings (SSSR count). The molecule has 0 bridgehead atoms. The lowest BCUT2D eigenvalue weighted by Gasteiger charge is -2.30. The monoisotopic (exact) mass is 231 g/mol. The minimum Gasteiger partial charge on any atom is -0.314 e. The van der Waals surface area contributed by atoms with Crippen LogP contribution in [-0.4, -0.2) is 12.6 Å². The van der Waals surface area contributed by atoms with Gasteiger partial charge in [0.05, 0.1) is 0 Å². The fourth-order valence-electron chi connectivity index (χ4n) is 2.95. The molecule has 0 aromatic heterocycles. The maximum atomic E-state index is 3.69. The summed E-state index contributed by atoms with van der Waals surface area (Å²) in [6.07, 6.45) is 6.67. The van der Waals surface area contributed by atoms with E-state index in [4.69, 9.17) is 0 Å². The van der Waals surface area contributed by atoms with Gasteiger partial charge in [-0.25, -0.2) is 0 Å². The Labute approximate surface area is 106 Å². The van der Waals surface area contributed by atoms with Crippen molar-refractivity contribution >= 4 is 0 Å². The lowest BCUT2D eigenvalue weighted by molar-refractivity contribution is 0.340. The summed E-state index contributed by atoms with van der Waals surface area (Å²) in [5, 5.41) is 3.69. The molecule has 1 fully saturated rings. The van der Waals surface area contributed by atoms with E-state index in [0.717, 1.165) is 12.0 Å². The molecule has 1 aliphatic carbocycles. The first-order valence-electron chi connectivity index (χ1n) is 7.09. The van der Waals surface area contributed by atoms with Crippen LogP contribution in [0.25, 0.3) is 0 Å². The molecule has 2 unspecified atom stereocenters. The van der Waals surface area contributed by atoms with Crippen molar-refractivity contribution in [2.75, 3.05) is 6.54 Å². The summed E-state index contributed by atoms with van der Waals surface area (Å²) in [5.74, 6) is 0.776. The first kappa shape index (κ1) is 12.6. The van der Waals surface area contributed by atoms with Crippen molar-refractivity contribution < 1.29 is 0 Å². The highest BCUT2D eigenvalue weighted by molar-refractivity contribution is 5.26. The fraction of sp³-hybridized carbons (Fsp3) is 0.625. The number of nitrogens with one attached hydrogen (secondary N) is 1. The summed E-state index contributed by atoms with van der Waals surface area (Å²) in [4.78, 5) is 0. The molecule has 1 saturated carbocycles. The van der Waals surface area contributed by atoms with E-state index < -0.39 is 0 Å². The van der Waals surface area contributed by atoms with Crippen LogP contribution in [0.2, 0.25) is 0 Å². The first-order valence-corrected chi connectivity index (χ1v) is 7.09. The van der Waals surface area contributed by atoms with Crippen molar-refractivity contribution in [3.8, 4) is 0 Å². The van der Waals surface area contributed by atoms with Crippen molar-refractivity contribution in [3.63, 3.8) is 0 Å². The van der Waals surface area contributed by atoms with Crippen LogP contribution >= 0.6 is 0 Å². The topological polar surface area (TPSA) is 12.0 Å². The van der Waals surface area contributed by atoms with Gasteiger partial charge in [0.1, 0.15) is 0 Å². The van der Waals surface area contributed by atoms with Gasteiger partial charge < -0.3 is 5.32 Å². The van der Waals surface area contributed by atoms with Crippen LogP contribution in [0.3, 0.4) is 0 Å². The number of rotatable bonds is 4. The number of aryl methyl sites for hydroxylation is 1. The van der Waals surface area contributed by atoms with E-state index in [-0.39, 0.29) is 0 Å². The molecule has 1 nitrogen and oxygen atoms in total. The third-order valence-corrected chi connectivity index (χ3v) is 3.87. The Kier molecular flexibility index (Phi) is 4.61. The maximum absolute atomic E-state index is 3.69. The summed E-state index contributed by atoms with van der Waals surface area (Å²) in [6.45, 7) is 5.61. The van der Waals surface area contributed by atoms with E-state index >= 15 is 0 Å². The first-order chi connectivity index (χ1) is 8.29. The second-order valence-corrected chi connectivity index (χ2v) is 5.43. The van der Waals surface area contributed by atoms with Gasteiger partial charge in [-0.05, 0) is 50.6 Å². The van der Waals surface area contributed by atoms with Gasteiger partial charge in [-0.3, -0.25) is 0 Å². The summed E-state index contributed by atoms with van der Waals surface area (Å²) in [6, 6.07) is 9.81. The van der Waals surface area contributed by atoms with E-state index in [1.165, 1.54) is 44.2 Å². The number of benzene rings is 1. The van der Waals surface area contributed by atoms with Crippen LogP contribution in [0.1, 0.15) is 56.1 Å². The van der Waals surface area contributed by atoms with E-state index in [1.54, 1.807) is 5.56 Å². The molecule has 0 saturated heterocycles. The zero-order chi connectivity index (χ0) is 12.1. The average molecular weight is 231 g/mol. The summed E-state index contributed by atoms with van der Waals surface area (Å²) < 4.78 is 0. The van der Waals surface area contributed by atoms with E-state index in [0.29, 0.717) is 0 Å². The minimum absolute atomic E-state index is 0.745.